The van der Waals surface area contributed by atoms with Crippen LogP contribution in [0.25, 0.3) is 0 Å². The van der Waals surface area contributed by atoms with Crippen molar-refractivity contribution in [1.29, 1.82) is 0 Å². The molecule has 1 aromatic carbocycles. The van der Waals surface area contributed by atoms with Crippen molar-refractivity contribution in [2.45, 2.75) is 50.6 Å². The Morgan fingerprint density at radius 1 is 1.38 bits per heavy atom. The highest BCUT2D eigenvalue weighted by Crippen LogP contribution is 2.34. The van der Waals surface area contributed by atoms with Gasteiger partial charge in [-0.15, -0.1) is 0 Å². The zero-order valence-corrected chi connectivity index (χ0v) is 14.7. The Hall–Kier alpha value is -1.66. The molecule has 3 unspecified atom stereocenters. The summed E-state index contributed by atoms with van der Waals surface area (Å²) in [6.07, 6.45) is 4.08. The standard InChI is InChI=1S/C18H27FN4O/c1-20-18(22-16-9-14-5-7-17(16)24-14)21-10-12-4-6-15(19)13(8-12)11-23(2)3/h4,6,8,14,16-17H,5,7,9-11H2,1-3H3,(H2,20,21,22). The SMILES string of the molecule is CN=C(NCc1ccc(F)c(CN(C)C)c1)NC1CC2CCC1O2. The van der Waals surface area contributed by atoms with Gasteiger partial charge in [-0.05, 0) is 51.1 Å². The van der Waals surface area contributed by atoms with Gasteiger partial charge in [0, 0.05) is 25.7 Å². The minimum absolute atomic E-state index is 0.158. The lowest BCUT2D eigenvalue weighted by Crippen LogP contribution is -2.47. The third-order valence-corrected chi connectivity index (χ3v) is 4.71. The molecule has 5 nitrogen and oxygen atoms in total. The predicted molar refractivity (Wildman–Crippen MR) is 93.4 cm³/mol. The fourth-order valence-corrected chi connectivity index (χ4v) is 3.55. The van der Waals surface area contributed by atoms with Gasteiger partial charge in [0.05, 0.1) is 18.2 Å². The Bertz CT molecular complexity index is 605. The fourth-order valence-electron chi connectivity index (χ4n) is 3.55. The first kappa shape index (κ1) is 17.2. The molecule has 1 aromatic rings. The molecule has 0 aromatic heterocycles. The van der Waals surface area contributed by atoms with Crippen LogP contribution in [0.4, 0.5) is 4.39 Å². The Balaban J connectivity index is 1.55. The van der Waals surface area contributed by atoms with Gasteiger partial charge in [-0.3, -0.25) is 4.99 Å². The van der Waals surface area contributed by atoms with Crippen LogP contribution in [0, 0.1) is 5.82 Å². The molecule has 0 spiro atoms. The maximum atomic E-state index is 13.9. The zero-order chi connectivity index (χ0) is 17.1. The van der Waals surface area contributed by atoms with Gasteiger partial charge < -0.3 is 20.3 Å². The summed E-state index contributed by atoms with van der Waals surface area (Å²) in [5.41, 5.74) is 1.75. The highest BCUT2D eigenvalue weighted by atomic mass is 19.1. The maximum absolute atomic E-state index is 13.9. The number of hydrogen-bond acceptors (Lipinski definition) is 3. The average Bonchev–Trinajstić information content (AvgIpc) is 3.16. The van der Waals surface area contributed by atoms with Crippen molar-refractivity contribution in [2.24, 2.45) is 4.99 Å². The Morgan fingerprint density at radius 2 is 2.21 bits per heavy atom. The summed E-state index contributed by atoms with van der Waals surface area (Å²) in [7, 11) is 5.65. The molecule has 2 fully saturated rings. The monoisotopic (exact) mass is 334 g/mol. The third-order valence-electron chi connectivity index (χ3n) is 4.71. The van der Waals surface area contributed by atoms with E-state index in [4.69, 9.17) is 4.74 Å². The van der Waals surface area contributed by atoms with Crippen LogP contribution in [0.3, 0.4) is 0 Å². The minimum Gasteiger partial charge on any atom is -0.373 e. The van der Waals surface area contributed by atoms with E-state index in [1.807, 2.05) is 31.1 Å². The van der Waals surface area contributed by atoms with E-state index in [1.165, 1.54) is 12.5 Å². The van der Waals surface area contributed by atoms with Gasteiger partial charge >= 0.3 is 0 Å². The average molecular weight is 334 g/mol. The number of benzene rings is 1. The fraction of sp³-hybridized carbons (Fsp3) is 0.611. The van der Waals surface area contributed by atoms with Crippen molar-refractivity contribution in [2.75, 3.05) is 21.1 Å². The Kier molecular flexibility index (Phi) is 5.36. The molecular weight excluding hydrogens is 307 g/mol. The number of hydrogen-bond donors (Lipinski definition) is 2. The largest absolute Gasteiger partial charge is 0.373 e. The first-order valence-corrected chi connectivity index (χ1v) is 8.60. The molecule has 2 bridgehead atoms. The van der Waals surface area contributed by atoms with Crippen LogP contribution in [0.2, 0.25) is 0 Å². The second-order valence-electron chi connectivity index (χ2n) is 6.95. The number of guanidine groups is 1. The van der Waals surface area contributed by atoms with Crippen molar-refractivity contribution >= 4 is 5.96 Å². The molecule has 0 amide bonds. The minimum atomic E-state index is -0.158. The summed E-state index contributed by atoms with van der Waals surface area (Å²) in [6.45, 7) is 1.21. The van der Waals surface area contributed by atoms with E-state index in [1.54, 1.807) is 7.05 Å². The molecule has 2 aliphatic heterocycles. The summed E-state index contributed by atoms with van der Waals surface area (Å²) in [6, 6.07) is 5.61. The molecule has 3 atom stereocenters. The summed E-state index contributed by atoms with van der Waals surface area (Å²) in [5, 5.41) is 6.78. The number of ether oxygens (including phenoxy) is 1. The van der Waals surface area contributed by atoms with Gasteiger partial charge in [-0.1, -0.05) is 6.07 Å². The summed E-state index contributed by atoms with van der Waals surface area (Å²) in [5.74, 6) is 0.615. The molecule has 0 saturated carbocycles. The second kappa shape index (κ2) is 7.49. The lowest BCUT2D eigenvalue weighted by atomic mass is 9.96. The third kappa shape index (κ3) is 4.05. The topological polar surface area (TPSA) is 48.9 Å². The smallest absolute Gasteiger partial charge is 0.191 e. The molecule has 132 valence electrons. The van der Waals surface area contributed by atoms with E-state index in [2.05, 4.69) is 15.6 Å². The van der Waals surface area contributed by atoms with E-state index in [0.29, 0.717) is 36.9 Å². The Labute approximate surface area is 143 Å². The first-order chi connectivity index (χ1) is 11.5. The summed E-state index contributed by atoms with van der Waals surface area (Å²) < 4.78 is 19.7. The normalized spacial score (nSPS) is 26.2. The van der Waals surface area contributed by atoms with Crippen LogP contribution < -0.4 is 10.6 Å². The van der Waals surface area contributed by atoms with Gasteiger partial charge in [0.25, 0.3) is 0 Å². The van der Waals surface area contributed by atoms with E-state index < -0.39 is 0 Å². The number of nitrogens with zero attached hydrogens (tertiary/aromatic N) is 2. The molecule has 6 heteroatoms. The van der Waals surface area contributed by atoms with E-state index >= 15 is 0 Å². The van der Waals surface area contributed by atoms with Gasteiger partial charge in [-0.2, -0.15) is 0 Å². The van der Waals surface area contributed by atoms with Crippen LogP contribution in [-0.4, -0.2) is 50.3 Å². The second-order valence-corrected chi connectivity index (χ2v) is 6.95. The zero-order valence-electron chi connectivity index (χ0n) is 14.7. The lowest BCUT2D eigenvalue weighted by Gasteiger charge is -2.22. The van der Waals surface area contributed by atoms with Crippen molar-refractivity contribution < 1.29 is 9.13 Å². The van der Waals surface area contributed by atoms with Crippen molar-refractivity contribution in [3.63, 3.8) is 0 Å². The van der Waals surface area contributed by atoms with E-state index in [-0.39, 0.29) is 5.82 Å². The molecule has 0 aliphatic carbocycles. The van der Waals surface area contributed by atoms with Crippen molar-refractivity contribution in [3.8, 4) is 0 Å². The van der Waals surface area contributed by atoms with Gasteiger partial charge in [0.1, 0.15) is 5.82 Å². The molecule has 0 radical (unpaired) electrons. The van der Waals surface area contributed by atoms with Crippen LogP contribution in [0.5, 0.6) is 0 Å². The molecule has 2 heterocycles. The lowest BCUT2D eigenvalue weighted by molar-refractivity contribution is 0.0992. The molecule has 2 saturated heterocycles. The first-order valence-electron chi connectivity index (χ1n) is 8.60. The molecule has 3 rings (SSSR count). The highest BCUT2D eigenvalue weighted by Gasteiger charge is 2.41. The van der Waals surface area contributed by atoms with Gasteiger partial charge in [0.15, 0.2) is 5.96 Å². The van der Waals surface area contributed by atoms with Crippen LogP contribution >= 0.6 is 0 Å². The van der Waals surface area contributed by atoms with Gasteiger partial charge in [0.2, 0.25) is 0 Å². The maximum Gasteiger partial charge on any atom is 0.191 e. The van der Waals surface area contributed by atoms with E-state index in [9.17, 15) is 4.39 Å². The summed E-state index contributed by atoms with van der Waals surface area (Å²) in [4.78, 5) is 6.26. The number of aliphatic imine (C=N–C) groups is 1. The molecule has 2 N–H and O–H groups in total. The van der Waals surface area contributed by atoms with Crippen LogP contribution in [0.15, 0.2) is 23.2 Å². The number of nitrogens with one attached hydrogen (secondary N) is 2. The van der Waals surface area contributed by atoms with Crippen LogP contribution in [-0.2, 0) is 17.8 Å². The number of rotatable bonds is 5. The molecule has 2 aliphatic rings. The number of halogens is 1. The van der Waals surface area contributed by atoms with Gasteiger partial charge in [-0.25, -0.2) is 4.39 Å². The molecule has 24 heavy (non-hydrogen) atoms. The number of fused-ring (bicyclic) bond motifs is 2. The van der Waals surface area contributed by atoms with Crippen LogP contribution in [0.1, 0.15) is 30.4 Å². The summed E-state index contributed by atoms with van der Waals surface area (Å²) >= 11 is 0. The molecular formula is C18H27FN4O. The van der Waals surface area contributed by atoms with Crippen molar-refractivity contribution in [1.82, 2.24) is 15.5 Å². The van der Waals surface area contributed by atoms with E-state index in [0.717, 1.165) is 24.4 Å². The van der Waals surface area contributed by atoms with Crippen molar-refractivity contribution in [3.05, 3.63) is 35.1 Å². The Morgan fingerprint density at radius 3 is 2.83 bits per heavy atom. The predicted octanol–water partition coefficient (Wildman–Crippen LogP) is 1.87. The quantitative estimate of drug-likeness (QED) is 0.638. The highest BCUT2D eigenvalue weighted by molar-refractivity contribution is 5.80.